The molecular formula is C15H24N4O2S. The number of hydrogen-bond acceptors (Lipinski definition) is 4. The number of thiocarbonyl (C=S) groups is 1. The Morgan fingerprint density at radius 3 is 2.77 bits per heavy atom. The third-order valence-electron chi connectivity index (χ3n) is 3.13. The molecule has 1 aromatic rings. The van der Waals surface area contributed by atoms with Crippen LogP contribution < -0.4 is 10.7 Å². The predicted molar refractivity (Wildman–Crippen MR) is 92.5 cm³/mol. The summed E-state index contributed by atoms with van der Waals surface area (Å²) in [5.41, 5.74) is 5.65. The maximum Gasteiger partial charge on any atom is 0.340 e. The van der Waals surface area contributed by atoms with Crippen molar-refractivity contribution in [1.82, 2.24) is 15.7 Å². The quantitative estimate of drug-likeness (QED) is 0.236. The van der Waals surface area contributed by atoms with Crippen molar-refractivity contribution in [3.05, 3.63) is 22.5 Å². The highest BCUT2D eigenvalue weighted by Gasteiger charge is 2.18. The Hall–Kier alpha value is -1.89. The zero-order valence-corrected chi connectivity index (χ0v) is 14.4. The summed E-state index contributed by atoms with van der Waals surface area (Å²) in [7, 11) is 0. The summed E-state index contributed by atoms with van der Waals surface area (Å²) >= 11 is 5.10. The number of aryl methyl sites for hydroxylation is 1. The summed E-state index contributed by atoms with van der Waals surface area (Å²) in [6.07, 6.45) is 3.78. The lowest BCUT2D eigenvalue weighted by Crippen LogP contribution is -2.32. The van der Waals surface area contributed by atoms with Crippen LogP contribution in [0, 0.1) is 13.8 Å². The summed E-state index contributed by atoms with van der Waals surface area (Å²) < 4.78 is 5.05. The molecule has 7 heteroatoms. The van der Waals surface area contributed by atoms with Gasteiger partial charge in [0.1, 0.15) is 0 Å². The first kappa shape index (κ1) is 18.2. The van der Waals surface area contributed by atoms with Gasteiger partial charge in [-0.3, -0.25) is 5.43 Å². The number of aromatic nitrogens is 1. The number of rotatable bonds is 7. The fraction of sp³-hybridized carbons (Fsp3) is 0.533. The summed E-state index contributed by atoms with van der Waals surface area (Å²) in [4.78, 5) is 15.0. The average molecular weight is 324 g/mol. The second-order valence-electron chi connectivity index (χ2n) is 4.86. The lowest BCUT2D eigenvalue weighted by atomic mass is 10.1. The molecule has 0 bridgehead atoms. The Morgan fingerprint density at radius 1 is 1.41 bits per heavy atom. The van der Waals surface area contributed by atoms with Crippen LogP contribution in [0.4, 0.5) is 0 Å². The highest BCUT2D eigenvalue weighted by Crippen LogP contribution is 2.17. The maximum absolute atomic E-state index is 11.9. The van der Waals surface area contributed by atoms with Crippen LogP contribution in [-0.2, 0) is 4.74 Å². The zero-order chi connectivity index (χ0) is 16.5. The van der Waals surface area contributed by atoms with Gasteiger partial charge >= 0.3 is 5.97 Å². The van der Waals surface area contributed by atoms with Crippen LogP contribution in [0.15, 0.2) is 5.10 Å². The SMILES string of the molecule is CCCCNC(=S)N/N=C/c1[nH]c(C)c(C(=O)OCC)c1C. The van der Waals surface area contributed by atoms with Crippen molar-refractivity contribution in [1.29, 1.82) is 0 Å². The molecule has 0 amide bonds. The number of nitrogens with one attached hydrogen (secondary N) is 3. The van der Waals surface area contributed by atoms with E-state index in [2.05, 4.69) is 27.8 Å². The van der Waals surface area contributed by atoms with Crippen molar-refractivity contribution in [3.8, 4) is 0 Å². The number of aromatic amines is 1. The van der Waals surface area contributed by atoms with Crippen molar-refractivity contribution >= 4 is 29.5 Å². The lowest BCUT2D eigenvalue weighted by molar-refractivity contribution is 0.0525. The Kier molecular flexibility index (Phi) is 7.59. The molecule has 0 fully saturated rings. The van der Waals surface area contributed by atoms with E-state index in [0.717, 1.165) is 36.3 Å². The average Bonchev–Trinajstić information content (AvgIpc) is 2.74. The van der Waals surface area contributed by atoms with Gasteiger partial charge in [-0.2, -0.15) is 5.10 Å². The second-order valence-corrected chi connectivity index (χ2v) is 5.27. The summed E-state index contributed by atoms with van der Waals surface area (Å²) in [6, 6.07) is 0. The molecular weight excluding hydrogens is 300 g/mol. The number of carbonyl (C=O) groups is 1. The number of unbranched alkanes of at least 4 members (excludes halogenated alkanes) is 1. The molecule has 0 spiro atoms. The van der Waals surface area contributed by atoms with Gasteiger partial charge in [0.15, 0.2) is 5.11 Å². The molecule has 0 aliphatic heterocycles. The molecule has 0 aliphatic carbocycles. The van der Waals surface area contributed by atoms with E-state index in [1.165, 1.54) is 0 Å². The number of carbonyl (C=O) groups excluding carboxylic acids is 1. The molecule has 0 unspecified atom stereocenters. The van der Waals surface area contributed by atoms with Gasteiger partial charge in [0.05, 0.1) is 24.1 Å². The van der Waals surface area contributed by atoms with Crippen LogP contribution in [-0.4, -0.2) is 35.4 Å². The van der Waals surface area contributed by atoms with E-state index in [4.69, 9.17) is 17.0 Å². The Bertz CT molecular complexity index is 552. The minimum absolute atomic E-state index is 0.321. The van der Waals surface area contributed by atoms with E-state index in [1.54, 1.807) is 13.1 Å². The molecule has 1 heterocycles. The molecule has 0 saturated carbocycles. The third-order valence-corrected chi connectivity index (χ3v) is 3.37. The molecule has 1 aromatic heterocycles. The largest absolute Gasteiger partial charge is 0.462 e. The Labute approximate surface area is 136 Å². The number of hydrogen-bond donors (Lipinski definition) is 3. The summed E-state index contributed by atoms with van der Waals surface area (Å²) in [5, 5.41) is 7.62. The van der Waals surface area contributed by atoms with Crippen LogP contribution in [0.25, 0.3) is 0 Å². The van der Waals surface area contributed by atoms with Crippen molar-refractivity contribution in [2.45, 2.75) is 40.5 Å². The normalized spacial score (nSPS) is 10.7. The van der Waals surface area contributed by atoms with Gasteiger partial charge in [-0.05, 0) is 45.0 Å². The van der Waals surface area contributed by atoms with Crippen molar-refractivity contribution in [2.75, 3.05) is 13.2 Å². The van der Waals surface area contributed by atoms with Crippen LogP contribution in [0.1, 0.15) is 54.0 Å². The number of esters is 1. The van der Waals surface area contributed by atoms with Crippen LogP contribution in [0.2, 0.25) is 0 Å². The van der Waals surface area contributed by atoms with Crippen LogP contribution >= 0.6 is 12.2 Å². The standard InChI is InChI=1S/C15H24N4O2S/c1-5-7-8-16-15(22)19-17-9-12-10(3)13(11(4)18-12)14(20)21-6-2/h9,18H,5-8H2,1-4H3,(H2,16,19,22)/b17-9+. The molecule has 0 atom stereocenters. The molecule has 0 aliphatic rings. The van der Waals surface area contributed by atoms with Gasteiger partial charge in [0.2, 0.25) is 0 Å². The van der Waals surface area contributed by atoms with Gasteiger partial charge in [-0.25, -0.2) is 4.79 Å². The van der Waals surface area contributed by atoms with E-state index in [-0.39, 0.29) is 5.97 Å². The highest BCUT2D eigenvalue weighted by molar-refractivity contribution is 7.80. The van der Waals surface area contributed by atoms with Gasteiger partial charge in [0.25, 0.3) is 0 Å². The van der Waals surface area contributed by atoms with Crippen LogP contribution in [0.3, 0.4) is 0 Å². The monoisotopic (exact) mass is 324 g/mol. The van der Waals surface area contributed by atoms with Gasteiger partial charge < -0.3 is 15.0 Å². The van der Waals surface area contributed by atoms with E-state index in [1.807, 2.05) is 13.8 Å². The molecule has 22 heavy (non-hydrogen) atoms. The molecule has 0 aromatic carbocycles. The molecule has 6 nitrogen and oxygen atoms in total. The minimum Gasteiger partial charge on any atom is -0.462 e. The first-order chi connectivity index (χ1) is 10.5. The maximum atomic E-state index is 11.9. The molecule has 0 radical (unpaired) electrons. The molecule has 0 saturated heterocycles. The number of nitrogens with zero attached hydrogens (tertiary/aromatic N) is 1. The lowest BCUT2D eigenvalue weighted by Gasteiger charge is -2.05. The molecule has 1 rings (SSSR count). The zero-order valence-electron chi connectivity index (χ0n) is 13.6. The van der Waals surface area contributed by atoms with Gasteiger partial charge in [-0.15, -0.1) is 0 Å². The van der Waals surface area contributed by atoms with Gasteiger partial charge in [0, 0.05) is 12.2 Å². The van der Waals surface area contributed by atoms with Crippen LogP contribution in [0.5, 0.6) is 0 Å². The molecule has 3 N–H and O–H groups in total. The second kappa shape index (κ2) is 9.19. The fourth-order valence-electron chi connectivity index (χ4n) is 1.99. The highest BCUT2D eigenvalue weighted by atomic mass is 32.1. The summed E-state index contributed by atoms with van der Waals surface area (Å²) in [6.45, 7) is 8.77. The number of hydrazone groups is 1. The fourth-order valence-corrected chi connectivity index (χ4v) is 2.14. The van der Waals surface area contributed by atoms with E-state index < -0.39 is 0 Å². The summed E-state index contributed by atoms with van der Waals surface area (Å²) in [5.74, 6) is -0.321. The van der Waals surface area contributed by atoms with Crippen molar-refractivity contribution < 1.29 is 9.53 Å². The number of ether oxygens (including phenoxy) is 1. The van der Waals surface area contributed by atoms with Gasteiger partial charge in [-0.1, -0.05) is 13.3 Å². The van der Waals surface area contributed by atoms with E-state index in [9.17, 15) is 4.79 Å². The van der Waals surface area contributed by atoms with E-state index in [0.29, 0.717) is 17.3 Å². The molecule has 122 valence electrons. The number of H-pyrrole nitrogens is 1. The topological polar surface area (TPSA) is 78.5 Å². The Balaban J connectivity index is 2.66. The Morgan fingerprint density at radius 2 is 2.14 bits per heavy atom. The first-order valence-corrected chi connectivity index (χ1v) is 7.85. The minimum atomic E-state index is -0.321. The van der Waals surface area contributed by atoms with Crippen molar-refractivity contribution in [3.63, 3.8) is 0 Å². The third kappa shape index (κ3) is 5.14. The first-order valence-electron chi connectivity index (χ1n) is 7.44. The smallest absolute Gasteiger partial charge is 0.340 e. The van der Waals surface area contributed by atoms with E-state index >= 15 is 0 Å². The van der Waals surface area contributed by atoms with Crippen molar-refractivity contribution in [2.24, 2.45) is 5.10 Å². The predicted octanol–water partition coefficient (Wildman–Crippen LogP) is 2.41.